The number of ether oxygens (including phenoxy) is 2. The van der Waals surface area contributed by atoms with Gasteiger partial charge in [0.1, 0.15) is 17.3 Å². The molecule has 0 unspecified atom stereocenters. The van der Waals surface area contributed by atoms with E-state index in [-0.39, 0.29) is 5.82 Å². The Hall–Kier alpha value is -1.62. The molecule has 0 radical (unpaired) electrons. The Morgan fingerprint density at radius 3 is 2.81 bits per heavy atom. The van der Waals surface area contributed by atoms with E-state index in [1.807, 2.05) is 6.07 Å². The van der Waals surface area contributed by atoms with Crippen molar-refractivity contribution in [2.75, 3.05) is 20.3 Å². The van der Waals surface area contributed by atoms with Crippen LogP contribution in [0.5, 0.6) is 11.5 Å². The second kappa shape index (κ2) is 7.98. The standard InChI is InChI=1S/C16H17ClFNO2/c1-20-8-7-19-11-12-5-6-13(17)9-16(12)21-15-4-2-3-14(18)10-15/h2-6,9-10,19H,7-8,11H2,1H3. The molecule has 2 aromatic carbocycles. The lowest BCUT2D eigenvalue weighted by molar-refractivity contribution is 0.199. The van der Waals surface area contributed by atoms with Crippen LogP contribution < -0.4 is 10.1 Å². The molecule has 1 N–H and O–H groups in total. The molecule has 2 rings (SSSR count). The molecule has 0 bridgehead atoms. The molecule has 3 nitrogen and oxygen atoms in total. The van der Waals surface area contributed by atoms with Crippen molar-refractivity contribution < 1.29 is 13.9 Å². The zero-order valence-electron chi connectivity index (χ0n) is 11.7. The lowest BCUT2D eigenvalue weighted by Crippen LogP contribution is -2.18. The average Bonchev–Trinajstić information content (AvgIpc) is 2.45. The van der Waals surface area contributed by atoms with Crippen molar-refractivity contribution >= 4 is 11.6 Å². The smallest absolute Gasteiger partial charge is 0.133 e. The highest BCUT2D eigenvalue weighted by atomic mass is 35.5. The maximum atomic E-state index is 13.2. The van der Waals surface area contributed by atoms with Crippen LogP contribution in [-0.4, -0.2) is 20.3 Å². The molecule has 0 aliphatic rings. The lowest BCUT2D eigenvalue weighted by atomic mass is 10.2. The van der Waals surface area contributed by atoms with E-state index in [1.165, 1.54) is 12.1 Å². The van der Waals surface area contributed by atoms with Crippen LogP contribution in [0.2, 0.25) is 5.02 Å². The van der Waals surface area contributed by atoms with Gasteiger partial charge in [-0.25, -0.2) is 4.39 Å². The van der Waals surface area contributed by atoms with Crippen LogP contribution in [-0.2, 0) is 11.3 Å². The summed E-state index contributed by atoms with van der Waals surface area (Å²) in [7, 11) is 1.66. The third kappa shape index (κ3) is 5.01. The largest absolute Gasteiger partial charge is 0.457 e. The van der Waals surface area contributed by atoms with Crippen molar-refractivity contribution in [2.24, 2.45) is 0 Å². The fourth-order valence-corrected chi connectivity index (χ4v) is 1.99. The van der Waals surface area contributed by atoms with E-state index >= 15 is 0 Å². The second-order valence-electron chi connectivity index (χ2n) is 4.48. The Morgan fingerprint density at radius 1 is 1.19 bits per heavy atom. The van der Waals surface area contributed by atoms with Gasteiger partial charge in [-0.05, 0) is 24.3 Å². The highest BCUT2D eigenvalue weighted by Gasteiger charge is 2.07. The first-order valence-corrected chi connectivity index (χ1v) is 6.98. The van der Waals surface area contributed by atoms with Crippen LogP contribution in [0.4, 0.5) is 4.39 Å². The van der Waals surface area contributed by atoms with Crippen molar-refractivity contribution in [3.05, 3.63) is 58.9 Å². The van der Waals surface area contributed by atoms with Crippen LogP contribution >= 0.6 is 11.6 Å². The number of nitrogens with one attached hydrogen (secondary N) is 1. The summed E-state index contributed by atoms with van der Waals surface area (Å²) in [5.74, 6) is 0.711. The molecule has 112 valence electrons. The van der Waals surface area contributed by atoms with Gasteiger partial charge in [0.15, 0.2) is 0 Å². The van der Waals surface area contributed by atoms with E-state index in [9.17, 15) is 4.39 Å². The predicted octanol–water partition coefficient (Wildman–Crippen LogP) is 4.01. The number of halogens is 2. The summed E-state index contributed by atoms with van der Waals surface area (Å²) in [6.07, 6.45) is 0. The fraction of sp³-hybridized carbons (Fsp3) is 0.250. The molecule has 0 spiro atoms. The van der Waals surface area contributed by atoms with Gasteiger partial charge in [-0.2, -0.15) is 0 Å². The van der Waals surface area contributed by atoms with Crippen LogP contribution in [0, 0.1) is 5.82 Å². The lowest BCUT2D eigenvalue weighted by Gasteiger charge is -2.12. The number of hydrogen-bond donors (Lipinski definition) is 1. The maximum absolute atomic E-state index is 13.2. The molecule has 0 saturated heterocycles. The first kappa shape index (κ1) is 15.8. The van der Waals surface area contributed by atoms with E-state index in [1.54, 1.807) is 31.4 Å². The van der Waals surface area contributed by atoms with Gasteiger partial charge in [0.25, 0.3) is 0 Å². The van der Waals surface area contributed by atoms with Gasteiger partial charge in [0.05, 0.1) is 6.61 Å². The molecular formula is C16H17ClFNO2. The van der Waals surface area contributed by atoms with Crippen LogP contribution in [0.25, 0.3) is 0 Å². The van der Waals surface area contributed by atoms with Gasteiger partial charge < -0.3 is 14.8 Å². The van der Waals surface area contributed by atoms with E-state index in [4.69, 9.17) is 21.1 Å². The first-order chi connectivity index (χ1) is 10.2. The summed E-state index contributed by atoms with van der Waals surface area (Å²) < 4.78 is 23.9. The van der Waals surface area contributed by atoms with E-state index in [0.717, 1.165) is 12.1 Å². The molecule has 2 aromatic rings. The van der Waals surface area contributed by atoms with Crippen molar-refractivity contribution in [3.8, 4) is 11.5 Å². The summed E-state index contributed by atoms with van der Waals surface area (Å²) in [6, 6.07) is 11.4. The van der Waals surface area contributed by atoms with Crippen molar-refractivity contribution in [2.45, 2.75) is 6.54 Å². The normalized spacial score (nSPS) is 10.6. The number of hydrogen-bond acceptors (Lipinski definition) is 3. The number of rotatable bonds is 7. The summed E-state index contributed by atoms with van der Waals surface area (Å²) in [6.45, 7) is 1.98. The SMILES string of the molecule is COCCNCc1ccc(Cl)cc1Oc1cccc(F)c1. The quantitative estimate of drug-likeness (QED) is 0.784. The molecule has 0 saturated carbocycles. The maximum Gasteiger partial charge on any atom is 0.133 e. The Bertz CT molecular complexity index is 592. The third-order valence-corrected chi connectivity index (χ3v) is 3.09. The van der Waals surface area contributed by atoms with Crippen LogP contribution in [0.1, 0.15) is 5.56 Å². The molecule has 5 heteroatoms. The number of benzene rings is 2. The van der Waals surface area contributed by atoms with Gasteiger partial charge in [0, 0.05) is 36.9 Å². The van der Waals surface area contributed by atoms with Crippen molar-refractivity contribution in [1.82, 2.24) is 5.32 Å². The summed E-state index contributed by atoms with van der Waals surface area (Å²) >= 11 is 6.00. The van der Waals surface area contributed by atoms with E-state index < -0.39 is 0 Å². The first-order valence-electron chi connectivity index (χ1n) is 6.60. The Morgan fingerprint density at radius 2 is 2.05 bits per heavy atom. The van der Waals surface area contributed by atoms with Crippen LogP contribution in [0.3, 0.4) is 0 Å². The van der Waals surface area contributed by atoms with Gasteiger partial charge in [0.2, 0.25) is 0 Å². The van der Waals surface area contributed by atoms with E-state index in [2.05, 4.69) is 5.32 Å². The monoisotopic (exact) mass is 309 g/mol. The molecule has 0 fully saturated rings. The zero-order valence-corrected chi connectivity index (χ0v) is 12.5. The van der Waals surface area contributed by atoms with Crippen molar-refractivity contribution in [3.63, 3.8) is 0 Å². The molecule has 0 aromatic heterocycles. The summed E-state index contributed by atoms with van der Waals surface area (Å²) in [5.41, 5.74) is 0.944. The Labute approximate surface area is 128 Å². The zero-order chi connectivity index (χ0) is 15.1. The molecule has 21 heavy (non-hydrogen) atoms. The minimum absolute atomic E-state index is 0.339. The molecule has 0 amide bonds. The predicted molar refractivity (Wildman–Crippen MR) is 81.5 cm³/mol. The highest BCUT2D eigenvalue weighted by molar-refractivity contribution is 6.30. The average molecular weight is 310 g/mol. The minimum atomic E-state index is -0.339. The molecule has 0 atom stereocenters. The summed E-state index contributed by atoms with van der Waals surface area (Å²) in [4.78, 5) is 0. The van der Waals surface area contributed by atoms with Crippen molar-refractivity contribution in [1.29, 1.82) is 0 Å². The molecule has 0 aliphatic carbocycles. The van der Waals surface area contributed by atoms with Gasteiger partial charge in [-0.1, -0.05) is 23.7 Å². The Kier molecular flexibility index (Phi) is 5.99. The third-order valence-electron chi connectivity index (χ3n) is 2.85. The molecular weight excluding hydrogens is 293 g/mol. The summed E-state index contributed by atoms with van der Waals surface area (Å²) in [5, 5.41) is 3.81. The van der Waals surface area contributed by atoms with Crippen LogP contribution in [0.15, 0.2) is 42.5 Å². The minimum Gasteiger partial charge on any atom is -0.457 e. The second-order valence-corrected chi connectivity index (χ2v) is 4.92. The Balaban J connectivity index is 2.11. The van der Waals surface area contributed by atoms with E-state index in [0.29, 0.717) is 29.7 Å². The van der Waals surface area contributed by atoms with Gasteiger partial charge in [-0.3, -0.25) is 0 Å². The van der Waals surface area contributed by atoms with Gasteiger partial charge >= 0.3 is 0 Å². The topological polar surface area (TPSA) is 30.5 Å². The number of methoxy groups -OCH3 is 1. The molecule has 0 heterocycles. The highest BCUT2D eigenvalue weighted by Crippen LogP contribution is 2.28. The van der Waals surface area contributed by atoms with Gasteiger partial charge in [-0.15, -0.1) is 0 Å². The molecule has 0 aliphatic heterocycles. The fourth-order valence-electron chi connectivity index (χ4n) is 1.82.